The first-order valence-corrected chi connectivity index (χ1v) is 6.06. The third-order valence-corrected chi connectivity index (χ3v) is 3.31. The van der Waals surface area contributed by atoms with E-state index in [0.29, 0.717) is 22.7 Å². The van der Waals surface area contributed by atoms with Gasteiger partial charge >= 0.3 is 0 Å². The van der Waals surface area contributed by atoms with Crippen LogP contribution in [0, 0.1) is 6.92 Å². The van der Waals surface area contributed by atoms with Gasteiger partial charge in [-0.25, -0.2) is 9.97 Å². The van der Waals surface area contributed by atoms with Crippen molar-refractivity contribution in [3.05, 3.63) is 47.5 Å². The minimum atomic E-state index is -0.569. The highest BCUT2D eigenvalue weighted by Crippen LogP contribution is 2.31. The first kappa shape index (κ1) is 11.0. The number of pyridine rings is 1. The van der Waals surface area contributed by atoms with E-state index in [1.54, 1.807) is 35.1 Å². The minimum absolute atomic E-state index is 0.243. The molecule has 0 saturated heterocycles. The Labute approximate surface area is 113 Å². The summed E-state index contributed by atoms with van der Waals surface area (Å²) in [5, 5.41) is 0. The fraction of sp³-hybridized carbons (Fsp3) is 0.0714. The maximum absolute atomic E-state index is 12.3. The maximum atomic E-state index is 12.3. The Morgan fingerprint density at radius 2 is 1.95 bits per heavy atom. The fourth-order valence-corrected chi connectivity index (χ4v) is 2.42. The van der Waals surface area contributed by atoms with Gasteiger partial charge in [0.05, 0.1) is 5.56 Å². The molecule has 0 saturated carbocycles. The Hall–Kier alpha value is -2.89. The monoisotopic (exact) mass is 264 g/mol. The number of hydrogen-bond donors (Lipinski definition) is 0. The van der Waals surface area contributed by atoms with Gasteiger partial charge in [-0.2, -0.15) is 0 Å². The first-order chi connectivity index (χ1) is 9.66. The van der Waals surface area contributed by atoms with Crippen molar-refractivity contribution < 1.29 is 9.59 Å². The van der Waals surface area contributed by atoms with E-state index >= 15 is 0 Å². The lowest BCUT2D eigenvalue weighted by Gasteiger charge is -2.12. The van der Waals surface area contributed by atoms with Gasteiger partial charge in [-0.15, -0.1) is 0 Å². The third-order valence-electron chi connectivity index (χ3n) is 3.31. The molecule has 0 spiro atoms. The van der Waals surface area contributed by atoms with Crippen molar-refractivity contribution in [1.82, 2.24) is 19.4 Å². The van der Waals surface area contributed by atoms with Gasteiger partial charge in [-0.05, 0) is 24.6 Å². The van der Waals surface area contributed by atoms with E-state index in [0.717, 1.165) is 5.56 Å². The van der Waals surface area contributed by atoms with E-state index in [4.69, 9.17) is 0 Å². The molecule has 1 aliphatic rings. The van der Waals surface area contributed by atoms with Crippen LogP contribution in [0.5, 0.6) is 0 Å². The molecular formula is C14H8N4O2. The van der Waals surface area contributed by atoms with E-state index < -0.39 is 11.6 Å². The second-order valence-electron chi connectivity index (χ2n) is 4.67. The van der Waals surface area contributed by atoms with Gasteiger partial charge in [0.1, 0.15) is 17.1 Å². The van der Waals surface area contributed by atoms with Crippen LogP contribution in [0.3, 0.4) is 0 Å². The zero-order valence-corrected chi connectivity index (χ0v) is 10.5. The second-order valence-corrected chi connectivity index (χ2v) is 4.67. The van der Waals surface area contributed by atoms with Crippen molar-refractivity contribution in [2.45, 2.75) is 6.92 Å². The summed E-state index contributed by atoms with van der Waals surface area (Å²) in [5.74, 6) is -0.732. The SMILES string of the molecule is Cc1cnc2nc3c(n2c1)C(=O)C(=O)c1cccnc1-3. The summed E-state index contributed by atoms with van der Waals surface area (Å²) < 4.78 is 1.56. The lowest BCUT2D eigenvalue weighted by molar-refractivity contribution is 0.0811. The minimum Gasteiger partial charge on any atom is -0.285 e. The molecule has 3 aromatic heterocycles. The molecule has 0 aromatic carbocycles. The number of fused-ring (bicyclic) bond motifs is 5. The summed E-state index contributed by atoms with van der Waals surface area (Å²) in [6, 6.07) is 3.22. The molecule has 0 amide bonds. The van der Waals surface area contributed by atoms with Gasteiger partial charge in [-0.3, -0.25) is 19.0 Å². The second kappa shape index (κ2) is 3.57. The Morgan fingerprint density at radius 1 is 1.10 bits per heavy atom. The molecule has 0 radical (unpaired) electrons. The predicted octanol–water partition coefficient (Wildman–Crippen LogP) is 1.48. The average Bonchev–Trinajstić information content (AvgIpc) is 2.83. The summed E-state index contributed by atoms with van der Waals surface area (Å²) in [4.78, 5) is 37.2. The molecule has 96 valence electrons. The van der Waals surface area contributed by atoms with Gasteiger partial charge in [0.2, 0.25) is 11.6 Å². The largest absolute Gasteiger partial charge is 0.285 e. The lowest BCUT2D eigenvalue weighted by Crippen LogP contribution is -2.23. The Morgan fingerprint density at radius 3 is 2.80 bits per heavy atom. The topological polar surface area (TPSA) is 77.2 Å². The van der Waals surface area contributed by atoms with Crippen LogP contribution >= 0.6 is 0 Å². The number of aryl methyl sites for hydroxylation is 1. The Balaban J connectivity index is 2.18. The van der Waals surface area contributed by atoms with Crippen molar-refractivity contribution in [2.75, 3.05) is 0 Å². The van der Waals surface area contributed by atoms with Crippen LogP contribution in [-0.2, 0) is 0 Å². The molecule has 0 N–H and O–H groups in total. The molecule has 0 unspecified atom stereocenters. The maximum Gasteiger partial charge on any atom is 0.252 e. The molecule has 6 heteroatoms. The number of Topliss-reactive ketones (excluding diaryl/α,β-unsaturated/α-hetero) is 2. The number of hydrogen-bond acceptors (Lipinski definition) is 5. The zero-order chi connectivity index (χ0) is 13.9. The van der Waals surface area contributed by atoms with Crippen molar-refractivity contribution in [1.29, 1.82) is 0 Å². The van der Waals surface area contributed by atoms with Crippen LogP contribution in [-0.4, -0.2) is 30.9 Å². The molecule has 6 nitrogen and oxygen atoms in total. The molecule has 3 aromatic rings. The number of rotatable bonds is 0. The van der Waals surface area contributed by atoms with Crippen LogP contribution in [0.1, 0.15) is 26.4 Å². The number of aromatic nitrogens is 4. The van der Waals surface area contributed by atoms with Crippen LogP contribution in [0.25, 0.3) is 17.2 Å². The normalized spacial score (nSPS) is 13.4. The number of ketones is 2. The summed E-state index contributed by atoms with van der Waals surface area (Å²) in [6.45, 7) is 1.86. The van der Waals surface area contributed by atoms with E-state index in [1.807, 2.05) is 6.92 Å². The number of imidazole rings is 1. The molecule has 1 aliphatic carbocycles. The summed E-state index contributed by atoms with van der Waals surface area (Å²) in [6.07, 6.45) is 4.99. The summed E-state index contributed by atoms with van der Waals surface area (Å²) in [7, 11) is 0. The van der Waals surface area contributed by atoms with Crippen molar-refractivity contribution in [3.63, 3.8) is 0 Å². The predicted molar refractivity (Wildman–Crippen MR) is 69.6 cm³/mol. The van der Waals surface area contributed by atoms with E-state index in [9.17, 15) is 9.59 Å². The molecule has 0 bridgehead atoms. The highest BCUT2D eigenvalue weighted by Gasteiger charge is 2.35. The van der Waals surface area contributed by atoms with Crippen LogP contribution in [0.4, 0.5) is 0 Å². The molecule has 3 heterocycles. The van der Waals surface area contributed by atoms with Gasteiger partial charge in [-0.1, -0.05) is 0 Å². The zero-order valence-electron chi connectivity index (χ0n) is 10.5. The van der Waals surface area contributed by atoms with Crippen LogP contribution in [0.2, 0.25) is 0 Å². The fourth-order valence-electron chi connectivity index (χ4n) is 2.42. The number of nitrogens with zero attached hydrogens (tertiary/aromatic N) is 4. The number of carbonyl (C=O) groups excluding carboxylic acids is 2. The smallest absolute Gasteiger partial charge is 0.252 e. The standard InChI is InChI=1S/C14H8N4O2/c1-7-5-16-14-17-10-9-8(3-2-4-15-9)12(19)13(20)11(10)18(14)6-7/h2-6H,1H3. The number of carbonyl (C=O) groups is 2. The average molecular weight is 264 g/mol. The van der Waals surface area contributed by atoms with Gasteiger partial charge < -0.3 is 0 Å². The molecule has 4 rings (SSSR count). The van der Waals surface area contributed by atoms with Crippen molar-refractivity contribution >= 4 is 17.3 Å². The van der Waals surface area contributed by atoms with Crippen LogP contribution < -0.4 is 0 Å². The summed E-state index contributed by atoms with van der Waals surface area (Å²) >= 11 is 0. The Bertz CT molecular complexity index is 911. The van der Waals surface area contributed by atoms with E-state index in [-0.39, 0.29) is 5.69 Å². The van der Waals surface area contributed by atoms with E-state index in [2.05, 4.69) is 15.0 Å². The highest BCUT2D eigenvalue weighted by molar-refractivity contribution is 6.52. The first-order valence-electron chi connectivity index (χ1n) is 6.06. The molecule has 20 heavy (non-hydrogen) atoms. The van der Waals surface area contributed by atoms with Crippen LogP contribution in [0.15, 0.2) is 30.7 Å². The van der Waals surface area contributed by atoms with E-state index in [1.165, 1.54) is 0 Å². The van der Waals surface area contributed by atoms with Crippen molar-refractivity contribution in [2.24, 2.45) is 0 Å². The third kappa shape index (κ3) is 1.25. The lowest BCUT2D eigenvalue weighted by atomic mass is 9.94. The Kier molecular flexibility index (Phi) is 1.96. The molecule has 0 fully saturated rings. The molecule has 0 atom stereocenters. The van der Waals surface area contributed by atoms with Crippen molar-refractivity contribution in [3.8, 4) is 11.4 Å². The quantitative estimate of drug-likeness (QED) is 0.575. The molecule has 0 aliphatic heterocycles. The molecular weight excluding hydrogens is 256 g/mol. The van der Waals surface area contributed by atoms with Gasteiger partial charge in [0.25, 0.3) is 5.78 Å². The highest BCUT2D eigenvalue weighted by atomic mass is 16.2. The van der Waals surface area contributed by atoms with Gasteiger partial charge in [0, 0.05) is 18.6 Å². The summed E-state index contributed by atoms with van der Waals surface area (Å²) in [5.41, 5.74) is 2.28. The van der Waals surface area contributed by atoms with Gasteiger partial charge in [0.15, 0.2) is 0 Å².